The number of hydrogen-bond donors (Lipinski definition) is 2. The number of aliphatic hydroxyl groups is 1. The van der Waals surface area contributed by atoms with E-state index in [1.165, 1.54) is 18.2 Å². The summed E-state index contributed by atoms with van der Waals surface area (Å²) in [6.07, 6.45) is 6.79. The smallest absolute Gasteiger partial charge is 0.331 e. The zero-order valence-corrected chi connectivity index (χ0v) is 14.1. The van der Waals surface area contributed by atoms with Crippen molar-refractivity contribution in [1.82, 2.24) is 0 Å². The van der Waals surface area contributed by atoms with Gasteiger partial charge in [0.25, 0.3) is 0 Å². The Bertz CT molecular complexity index is 493. The standard InChI is InChI=1S/C16H22O6S/c1-11(17)14(5-3-4-6-15(18)22-12(2)23)20-8-7-13-9-16(19)21-10-13/h3-6,9,11-12,14,17,23H,7-8,10H2,1-2H3/b5-3+,6-4-/t11-,12?,14+/m0/s1. The van der Waals surface area contributed by atoms with Gasteiger partial charge in [-0.2, -0.15) is 0 Å². The van der Waals surface area contributed by atoms with Crippen LogP contribution in [0.2, 0.25) is 0 Å². The minimum atomic E-state index is -0.709. The van der Waals surface area contributed by atoms with Gasteiger partial charge in [-0.05, 0) is 25.8 Å². The molecule has 1 aliphatic rings. The third-order valence-corrected chi connectivity index (χ3v) is 2.97. The number of hydrogen-bond acceptors (Lipinski definition) is 7. The number of thiol groups is 1. The molecule has 3 atom stereocenters. The first-order chi connectivity index (χ1) is 10.9. The van der Waals surface area contributed by atoms with Gasteiger partial charge in [0.1, 0.15) is 18.1 Å². The monoisotopic (exact) mass is 342 g/mol. The van der Waals surface area contributed by atoms with E-state index in [0.29, 0.717) is 19.6 Å². The molecule has 23 heavy (non-hydrogen) atoms. The lowest BCUT2D eigenvalue weighted by molar-refractivity contribution is -0.138. The number of carbonyl (C=O) groups excluding carboxylic acids is 2. The van der Waals surface area contributed by atoms with E-state index in [-0.39, 0.29) is 5.97 Å². The molecular weight excluding hydrogens is 320 g/mol. The first kappa shape index (κ1) is 19.5. The average Bonchev–Trinajstić information content (AvgIpc) is 2.86. The third kappa shape index (κ3) is 8.59. The molecule has 1 N–H and O–H groups in total. The number of rotatable bonds is 9. The first-order valence-corrected chi connectivity index (χ1v) is 7.79. The summed E-state index contributed by atoms with van der Waals surface area (Å²) in [5, 5.41) is 9.68. The van der Waals surface area contributed by atoms with Crippen molar-refractivity contribution in [1.29, 1.82) is 0 Å². The highest BCUT2D eigenvalue weighted by molar-refractivity contribution is 7.80. The summed E-state index contributed by atoms with van der Waals surface area (Å²) in [6, 6.07) is 0. The number of carbonyl (C=O) groups is 2. The maximum absolute atomic E-state index is 11.3. The van der Waals surface area contributed by atoms with Crippen LogP contribution in [0.3, 0.4) is 0 Å². The number of esters is 2. The van der Waals surface area contributed by atoms with Crippen molar-refractivity contribution < 1.29 is 28.9 Å². The normalized spacial score (nSPS) is 18.8. The van der Waals surface area contributed by atoms with Gasteiger partial charge in [0, 0.05) is 12.2 Å². The van der Waals surface area contributed by atoms with Gasteiger partial charge < -0.3 is 19.3 Å². The first-order valence-electron chi connectivity index (χ1n) is 7.28. The minimum Gasteiger partial charge on any atom is -0.458 e. The van der Waals surface area contributed by atoms with Crippen molar-refractivity contribution in [3.63, 3.8) is 0 Å². The fourth-order valence-corrected chi connectivity index (χ4v) is 1.86. The van der Waals surface area contributed by atoms with Crippen LogP contribution < -0.4 is 0 Å². The SMILES string of the molecule is CC(S)OC(=O)/C=C\C=C\[C@@H](OCCC1=CC(=O)OC1)[C@H](C)O. The van der Waals surface area contributed by atoms with Gasteiger partial charge >= 0.3 is 11.9 Å². The zero-order chi connectivity index (χ0) is 17.2. The summed E-state index contributed by atoms with van der Waals surface area (Å²) < 4.78 is 15.2. The second-order valence-electron chi connectivity index (χ2n) is 5.02. The lowest BCUT2D eigenvalue weighted by Gasteiger charge is -2.16. The van der Waals surface area contributed by atoms with Crippen molar-refractivity contribution >= 4 is 24.6 Å². The topological polar surface area (TPSA) is 82.1 Å². The highest BCUT2D eigenvalue weighted by atomic mass is 32.1. The number of allylic oxidation sites excluding steroid dienone is 2. The van der Waals surface area contributed by atoms with E-state index in [2.05, 4.69) is 12.6 Å². The third-order valence-electron chi connectivity index (χ3n) is 2.86. The van der Waals surface area contributed by atoms with E-state index in [0.717, 1.165) is 5.57 Å². The van der Waals surface area contributed by atoms with Crippen LogP contribution in [0.1, 0.15) is 20.3 Å². The van der Waals surface area contributed by atoms with E-state index in [1.807, 2.05) is 0 Å². The fourth-order valence-electron chi connectivity index (χ4n) is 1.76. The van der Waals surface area contributed by atoms with Gasteiger partial charge in [-0.15, -0.1) is 12.6 Å². The molecule has 0 saturated carbocycles. The second kappa shape index (κ2) is 10.3. The van der Waals surface area contributed by atoms with E-state index >= 15 is 0 Å². The Morgan fingerprint density at radius 3 is 2.78 bits per heavy atom. The molecule has 1 rings (SSSR count). The summed E-state index contributed by atoms with van der Waals surface area (Å²) in [5.41, 5.74) is 0.400. The predicted molar refractivity (Wildman–Crippen MR) is 87.9 cm³/mol. The quantitative estimate of drug-likeness (QED) is 0.218. The highest BCUT2D eigenvalue weighted by Crippen LogP contribution is 2.11. The van der Waals surface area contributed by atoms with Crippen molar-refractivity contribution in [2.75, 3.05) is 13.2 Å². The lowest BCUT2D eigenvalue weighted by atomic mass is 10.2. The average molecular weight is 342 g/mol. The molecule has 0 aliphatic carbocycles. The summed E-state index contributed by atoms with van der Waals surface area (Å²) >= 11 is 3.94. The van der Waals surface area contributed by atoms with Crippen LogP contribution in [-0.4, -0.2) is 47.9 Å². The van der Waals surface area contributed by atoms with Gasteiger partial charge in [0.05, 0.1) is 12.7 Å². The number of aliphatic hydroxyl groups excluding tert-OH is 1. The van der Waals surface area contributed by atoms with E-state index in [4.69, 9.17) is 14.2 Å². The van der Waals surface area contributed by atoms with Gasteiger partial charge in [0.15, 0.2) is 0 Å². The molecule has 7 heteroatoms. The molecule has 1 heterocycles. The number of cyclic esters (lactones) is 1. The highest BCUT2D eigenvalue weighted by Gasteiger charge is 2.15. The van der Waals surface area contributed by atoms with E-state index in [1.54, 1.807) is 26.0 Å². The van der Waals surface area contributed by atoms with Gasteiger partial charge in [-0.1, -0.05) is 18.2 Å². The Balaban J connectivity index is 2.38. The molecule has 6 nitrogen and oxygen atoms in total. The van der Waals surface area contributed by atoms with Crippen LogP contribution in [0.5, 0.6) is 0 Å². The fraction of sp³-hybridized carbons (Fsp3) is 0.500. The molecular formula is C16H22O6S. The van der Waals surface area contributed by atoms with Crippen molar-refractivity contribution in [2.45, 2.75) is 37.9 Å². The Morgan fingerprint density at radius 2 is 2.22 bits per heavy atom. The molecule has 0 bridgehead atoms. The predicted octanol–water partition coefficient (Wildman–Crippen LogP) is 1.56. The number of ether oxygens (including phenoxy) is 3. The zero-order valence-electron chi connectivity index (χ0n) is 13.2. The molecule has 0 saturated heterocycles. The molecule has 0 fully saturated rings. The minimum absolute atomic E-state index is 0.297. The van der Waals surface area contributed by atoms with E-state index < -0.39 is 23.6 Å². The van der Waals surface area contributed by atoms with E-state index in [9.17, 15) is 14.7 Å². The summed E-state index contributed by atoms with van der Waals surface area (Å²) in [5.74, 6) is -0.830. The van der Waals surface area contributed by atoms with Crippen LogP contribution in [0.4, 0.5) is 0 Å². The molecule has 0 amide bonds. The molecule has 0 aromatic carbocycles. The molecule has 0 aromatic heterocycles. The molecule has 0 spiro atoms. The van der Waals surface area contributed by atoms with Crippen molar-refractivity contribution in [3.05, 3.63) is 36.0 Å². The Morgan fingerprint density at radius 1 is 1.48 bits per heavy atom. The lowest BCUT2D eigenvalue weighted by Crippen LogP contribution is -2.24. The van der Waals surface area contributed by atoms with Gasteiger partial charge in [-0.25, -0.2) is 9.59 Å². The summed E-state index contributed by atoms with van der Waals surface area (Å²) in [7, 11) is 0. The maximum Gasteiger partial charge on any atom is 0.331 e. The Hall–Kier alpha value is -1.57. The molecule has 1 aliphatic heterocycles. The van der Waals surface area contributed by atoms with Crippen molar-refractivity contribution in [2.24, 2.45) is 0 Å². The Kier molecular flexibility index (Phi) is 8.68. The van der Waals surface area contributed by atoms with Gasteiger partial charge in [-0.3, -0.25) is 0 Å². The van der Waals surface area contributed by atoms with Crippen LogP contribution in [0.25, 0.3) is 0 Å². The largest absolute Gasteiger partial charge is 0.458 e. The molecule has 128 valence electrons. The van der Waals surface area contributed by atoms with Crippen LogP contribution in [-0.2, 0) is 23.8 Å². The molecule has 0 radical (unpaired) electrons. The Labute approximate surface area is 141 Å². The van der Waals surface area contributed by atoms with Crippen LogP contribution >= 0.6 is 12.6 Å². The molecule has 0 aromatic rings. The second-order valence-corrected chi connectivity index (χ2v) is 5.74. The molecule has 1 unspecified atom stereocenters. The van der Waals surface area contributed by atoms with Crippen LogP contribution in [0, 0.1) is 0 Å². The summed E-state index contributed by atoms with van der Waals surface area (Å²) in [4.78, 5) is 22.2. The van der Waals surface area contributed by atoms with Crippen molar-refractivity contribution in [3.8, 4) is 0 Å². The van der Waals surface area contributed by atoms with Gasteiger partial charge in [0.2, 0.25) is 0 Å². The van der Waals surface area contributed by atoms with Crippen LogP contribution in [0.15, 0.2) is 36.0 Å². The summed E-state index contributed by atoms with van der Waals surface area (Å²) in [6.45, 7) is 3.90. The maximum atomic E-state index is 11.3.